The minimum Gasteiger partial charge on any atom is -0.477 e. The molecule has 0 bridgehead atoms. The Balaban J connectivity index is 1.46. The van der Waals surface area contributed by atoms with Crippen molar-refractivity contribution in [3.8, 4) is 12.3 Å². The molecule has 1 unspecified atom stereocenters. The number of amides is 2. The molecule has 2 amide bonds. The van der Waals surface area contributed by atoms with E-state index in [4.69, 9.17) is 12.2 Å². The number of nitrogens with zero attached hydrogens (tertiary/aromatic N) is 6. The first-order chi connectivity index (χ1) is 15.8. The van der Waals surface area contributed by atoms with Crippen LogP contribution in [0.5, 0.6) is 0 Å². The summed E-state index contributed by atoms with van der Waals surface area (Å²) in [6.07, 6.45) is 5.28. The van der Waals surface area contributed by atoms with Crippen LogP contribution < -0.4 is 11.1 Å². The van der Waals surface area contributed by atoms with Crippen molar-refractivity contribution in [3.63, 3.8) is 0 Å². The molecular weight excluding hydrogens is 492 g/mol. The standard InChI is InChI=1S/C17H14N8O5S3/c1-2-3-24-17(21-22-23-24)33-5-7-4-31-14-9(13(28)25(14)10(7)15(29)30)20-12(27)11(26)8-6-32-16(18)19-8/h1,6,9,14H,3-5H2,(H2,18,19)(H,20,27)(H,29,30)/t9?,14-/m0/s1. The number of Topliss-reactive ketones (excluding diaryl/α,β-unsaturated/α-hetero) is 1. The summed E-state index contributed by atoms with van der Waals surface area (Å²) in [5.41, 5.74) is 5.70. The number of nitrogens with one attached hydrogen (secondary N) is 1. The molecule has 2 atom stereocenters. The molecule has 1 saturated heterocycles. The lowest BCUT2D eigenvalue weighted by molar-refractivity contribution is -0.150. The van der Waals surface area contributed by atoms with Crippen LogP contribution in [0, 0.1) is 12.3 Å². The fourth-order valence-electron chi connectivity index (χ4n) is 3.15. The van der Waals surface area contributed by atoms with Gasteiger partial charge in [-0.25, -0.2) is 14.5 Å². The summed E-state index contributed by atoms with van der Waals surface area (Å²) < 4.78 is 1.40. The molecule has 0 spiro atoms. The number of anilines is 1. The number of hydrogen-bond acceptors (Lipinski definition) is 12. The van der Waals surface area contributed by atoms with Crippen LogP contribution >= 0.6 is 34.9 Å². The highest BCUT2D eigenvalue weighted by Crippen LogP contribution is 2.41. The van der Waals surface area contributed by atoms with Gasteiger partial charge in [-0.1, -0.05) is 17.7 Å². The van der Waals surface area contributed by atoms with Gasteiger partial charge in [0, 0.05) is 16.9 Å². The van der Waals surface area contributed by atoms with E-state index in [-0.39, 0.29) is 28.8 Å². The number of rotatable bonds is 8. The van der Waals surface area contributed by atoms with Gasteiger partial charge in [0.25, 0.3) is 17.6 Å². The summed E-state index contributed by atoms with van der Waals surface area (Å²) >= 11 is 3.48. The van der Waals surface area contributed by atoms with Gasteiger partial charge in [-0.3, -0.25) is 19.3 Å². The van der Waals surface area contributed by atoms with E-state index >= 15 is 0 Å². The Morgan fingerprint density at radius 2 is 2.21 bits per heavy atom. The Hall–Kier alpha value is -3.42. The average molecular weight is 507 g/mol. The number of nitrogens with two attached hydrogens (primary N) is 1. The molecule has 2 aromatic rings. The molecule has 2 aromatic heterocycles. The normalized spacial score (nSPS) is 19.5. The molecule has 0 aliphatic carbocycles. The predicted molar refractivity (Wildman–Crippen MR) is 118 cm³/mol. The number of β-lactam (4-membered cyclic amide) rings is 1. The van der Waals surface area contributed by atoms with E-state index in [1.54, 1.807) is 0 Å². The van der Waals surface area contributed by atoms with E-state index in [0.717, 1.165) is 16.2 Å². The van der Waals surface area contributed by atoms with Crippen molar-refractivity contribution in [2.24, 2.45) is 0 Å². The number of carboxylic acids is 1. The minimum absolute atomic E-state index is 0.118. The molecule has 0 saturated carbocycles. The fraction of sp³-hybridized carbons (Fsp3) is 0.294. The highest BCUT2D eigenvalue weighted by molar-refractivity contribution is 8.01. The summed E-state index contributed by atoms with van der Waals surface area (Å²) in [5, 5.41) is 24.5. The lowest BCUT2D eigenvalue weighted by Gasteiger charge is -2.49. The maximum Gasteiger partial charge on any atom is 0.352 e. The number of aliphatic carboxylic acids is 1. The van der Waals surface area contributed by atoms with Crippen molar-refractivity contribution in [2.75, 3.05) is 17.2 Å². The molecule has 16 heteroatoms. The zero-order chi connectivity index (χ0) is 23.7. The van der Waals surface area contributed by atoms with E-state index in [1.165, 1.54) is 33.6 Å². The van der Waals surface area contributed by atoms with Crippen LogP contribution in [0.1, 0.15) is 10.5 Å². The maximum absolute atomic E-state index is 12.7. The third kappa shape index (κ3) is 4.29. The van der Waals surface area contributed by atoms with Crippen LogP contribution in [0.2, 0.25) is 0 Å². The second kappa shape index (κ2) is 9.21. The molecule has 33 heavy (non-hydrogen) atoms. The number of thiazole rings is 1. The summed E-state index contributed by atoms with van der Waals surface area (Å²) in [4.78, 5) is 54.0. The van der Waals surface area contributed by atoms with E-state index in [2.05, 4.69) is 31.7 Å². The molecule has 13 nitrogen and oxygen atoms in total. The lowest BCUT2D eigenvalue weighted by Crippen LogP contribution is -2.71. The number of nitrogen functional groups attached to an aromatic ring is 1. The van der Waals surface area contributed by atoms with Gasteiger partial charge in [-0.05, 0) is 16.0 Å². The smallest absolute Gasteiger partial charge is 0.352 e. The number of carbonyl (C=O) groups is 4. The van der Waals surface area contributed by atoms with Gasteiger partial charge in [0.2, 0.25) is 5.16 Å². The summed E-state index contributed by atoms with van der Waals surface area (Å²) in [6.45, 7) is 0.162. The average Bonchev–Trinajstić information content (AvgIpc) is 3.43. The summed E-state index contributed by atoms with van der Waals surface area (Å²) in [6, 6.07) is -1.03. The third-order valence-corrected chi connectivity index (χ3v) is 7.67. The molecule has 0 radical (unpaired) electrons. The number of tetrazole rings is 1. The molecule has 4 rings (SSSR count). The fourth-order valence-corrected chi connectivity index (χ4v) is 6.05. The van der Waals surface area contributed by atoms with Crippen molar-refractivity contribution in [3.05, 3.63) is 22.3 Å². The van der Waals surface area contributed by atoms with E-state index in [1.807, 2.05) is 0 Å². The van der Waals surface area contributed by atoms with Gasteiger partial charge in [0.1, 0.15) is 29.4 Å². The lowest BCUT2D eigenvalue weighted by atomic mass is 10.0. The van der Waals surface area contributed by atoms with Crippen molar-refractivity contribution in [1.82, 2.24) is 35.4 Å². The second-order valence-electron chi connectivity index (χ2n) is 6.63. The Labute approximate surface area is 198 Å². The SMILES string of the molecule is C#CCn1nnnc1SCC1=C(C(=O)O)N2C(=O)C(NC(=O)C(=O)c3csc(N)n3)[C@@H]2SC1. The monoisotopic (exact) mass is 506 g/mol. The Morgan fingerprint density at radius 3 is 2.88 bits per heavy atom. The van der Waals surface area contributed by atoms with Gasteiger partial charge in [-0.2, -0.15) is 0 Å². The first-order valence-corrected chi connectivity index (χ1v) is 12.0. The van der Waals surface area contributed by atoms with E-state index in [0.29, 0.717) is 16.5 Å². The molecule has 0 aromatic carbocycles. The third-order valence-electron chi connectivity index (χ3n) is 4.61. The molecule has 2 aliphatic heterocycles. The van der Waals surface area contributed by atoms with Crippen LogP contribution in [-0.2, 0) is 20.9 Å². The Kier molecular flexibility index (Phi) is 6.35. The number of ketones is 1. The molecule has 4 N–H and O–H groups in total. The highest BCUT2D eigenvalue weighted by Gasteiger charge is 2.54. The van der Waals surface area contributed by atoms with Crippen LogP contribution in [0.15, 0.2) is 21.8 Å². The Bertz CT molecular complexity index is 1230. The van der Waals surface area contributed by atoms with Crippen LogP contribution in [0.25, 0.3) is 0 Å². The van der Waals surface area contributed by atoms with Gasteiger partial charge >= 0.3 is 5.97 Å². The number of fused-ring (bicyclic) bond motifs is 1. The zero-order valence-corrected chi connectivity index (χ0v) is 18.9. The van der Waals surface area contributed by atoms with Crippen LogP contribution in [0.3, 0.4) is 0 Å². The van der Waals surface area contributed by atoms with Crippen molar-refractivity contribution in [2.45, 2.75) is 23.1 Å². The molecule has 1 fully saturated rings. The highest BCUT2D eigenvalue weighted by atomic mass is 32.2. The minimum atomic E-state index is -1.27. The number of carboxylic acid groups (broad SMARTS) is 1. The number of carbonyl (C=O) groups excluding carboxylic acids is 3. The largest absolute Gasteiger partial charge is 0.477 e. The Morgan fingerprint density at radius 1 is 1.42 bits per heavy atom. The molecule has 4 heterocycles. The van der Waals surface area contributed by atoms with Gasteiger partial charge < -0.3 is 16.2 Å². The maximum atomic E-state index is 12.7. The van der Waals surface area contributed by atoms with Crippen molar-refractivity contribution >= 4 is 63.6 Å². The zero-order valence-electron chi connectivity index (χ0n) is 16.5. The number of aromatic nitrogens is 5. The summed E-state index contributed by atoms with van der Waals surface area (Å²) in [7, 11) is 0. The quantitative estimate of drug-likeness (QED) is 0.131. The van der Waals surface area contributed by atoms with Gasteiger partial charge in [0.15, 0.2) is 5.13 Å². The van der Waals surface area contributed by atoms with Crippen LogP contribution in [-0.4, -0.2) is 81.7 Å². The number of hydrogen-bond donors (Lipinski definition) is 3. The molecule has 170 valence electrons. The summed E-state index contributed by atoms with van der Waals surface area (Å²) in [5.74, 6) is -0.899. The van der Waals surface area contributed by atoms with Crippen molar-refractivity contribution < 1.29 is 24.3 Å². The second-order valence-corrected chi connectivity index (χ2v) is 9.57. The van der Waals surface area contributed by atoms with E-state index < -0.39 is 35.0 Å². The first kappa shape index (κ1) is 22.8. The molecule has 2 aliphatic rings. The topological polar surface area (TPSA) is 186 Å². The van der Waals surface area contributed by atoms with Gasteiger partial charge in [-0.15, -0.1) is 34.6 Å². The molecular formula is C17H14N8O5S3. The van der Waals surface area contributed by atoms with E-state index in [9.17, 15) is 24.3 Å². The number of terminal acetylenes is 1. The van der Waals surface area contributed by atoms with Gasteiger partial charge in [0.05, 0.1) is 0 Å². The van der Waals surface area contributed by atoms with Crippen LogP contribution in [0.4, 0.5) is 5.13 Å². The first-order valence-electron chi connectivity index (χ1n) is 9.10. The van der Waals surface area contributed by atoms with Crippen molar-refractivity contribution in [1.29, 1.82) is 0 Å². The predicted octanol–water partition coefficient (Wildman–Crippen LogP) is -0.941. The number of thioether (sulfide) groups is 2.